The van der Waals surface area contributed by atoms with Crippen molar-refractivity contribution in [2.24, 2.45) is 0 Å². The lowest BCUT2D eigenvalue weighted by Gasteiger charge is -2.05. The Balaban J connectivity index is 2.08. The van der Waals surface area contributed by atoms with Crippen LogP contribution in [0.4, 0.5) is 0 Å². The van der Waals surface area contributed by atoms with Gasteiger partial charge in [0, 0.05) is 18.4 Å². The van der Waals surface area contributed by atoms with E-state index in [1.54, 1.807) is 31.4 Å². The van der Waals surface area contributed by atoms with E-state index < -0.39 is 11.6 Å². The number of ether oxygens (including phenoxy) is 2. The molecule has 0 aromatic heterocycles. The van der Waals surface area contributed by atoms with Gasteiger partial charge in [0.15, 0.2) is 0 Å². The molecule has 0 bridgehead atoms. The first-order chi connectivity index (χ1) is 11.0. The highest BCUT2D eigenvalue weighted by Gasteiger charge is 2.17. The normalized spacial score (nSPS) is 10.3. The van der Waals surface area contributed by atoms with Crippen molar-refractivity contribution in [3.05, 3.63) is 42.0 Å². The molecule has 0 aliphatic rings. The molecule has 0 aliphatic carbocycles. The number of carbonyl (C=O) groups excluding carboxylic acids is 3. The minimum absolute atomic E-state index is 0.0363. The molecule has 0 spiro atoms. The first kappa shape index (κ1) is 16.7. The molecule has 0 heterocycles. The lowest BCUT2D eigenvalue weighted by molar-refractivity contribution is -0.140. The molecule has 5 heteroatoms. The Morgan fingerprint density at radius 1 is 0.913 bits per heavy atom. The van der Waals surface area contributed by atoms with Crippen LogP contribution in [0.1, 0.15) is 29.6 Å². The third kappa shape index (κ3) is 4.16. The van der Waals surface area contributed by atoms with E-state index in [0.717, 1.165) is 16.5 Å². The van der Waals surface area contributed by atoms with Crippen molar-refractivity contribution < 1.29 is 23.9 Å². The Morgan fingerprint density at radius 3 is 2.30 bits per heavy atom. The number of hydrogen-bond donors (Lipinski definition) is 0. The summed E-state index contributed by atoms with van der Waals surface area (Å²) >= 11 is 0. The first-order valence-electron chi connectivity index (χ1n) is 7.27. The number of benzene rings is 2. The minimum atomic E-state index is -0.535. The number of carbonyl (C=O) groups is 3. The van der Waals surface area contributed by atoms with Crippen LogP contribution in [0, 0.1) is 0 Å². The highest BCUT2D eigenvalue weighted by Crippen LogP contribution is 2.22. The van der Waals surface area contributed by atoms with E-state index in [1.165, 1.54) is 7.11 Å². The number of methoxy groups -OCH3 is 2. The fourth-order valence-corrected chi connectivity index (χ4v) is 2.26. The summed E-state index contributed by atoms with van der Waals surface area (Å²) in [5, 5.41) is 1.79. The summed E-state index contributed by atoms with van der Waals surface area (Å²) < 4.78 is 9.65. The average molecular weight is 314 g/mol. The molecule has 0 saturated carbocycles. The standard InChI is InChI=1S/C18H18O5/c1-22-15-9-8-12-10-14(7-6-13(12)11-15)18(21)16(19)4-3-5-17(20)23-2/h6-11H,3-5H2,1-2H3. The zero-order valence-electron chi connectivity index (χ0n) is 13.1. The molecule has 0 radical (unpaired) electrons. The molecule has 2 rings (SSSR count). The number of esters is 1. The van der Waals surface area contributed by atoms with E-state index in [9.17, 15) is 14.4 Å². The van der Waals surface area contributed by atoms with Gasteiger partial charge in [0.2, 0.25) is 11.6 Å². The zero-order chi connectivity index (χ0) is 16.8. The van der Waals surface area contributed by atoms with Gasteiger partial charge in [0.05, 0.1) is 14.2 Å². The Bertz CT molecular complexity index is 748. The maximum absolute atomic E-state index is 12.2. The van der Waals surface area contributed by atoms with E-state index in [1.807, 2.05) is 12.1 Å². The van der Waals surface area contributed by atoms with Crippen molar-refractivity contribution in [1.82, 2.24) is 0 Å². The van der Waals surface area contributed by atoms with E-state index >= 15 is 0 Å². The number of hydrogen-bond acceptors (Lipinski definition) is 5. The second-order valence-electron chi connectivity index (χ2n) is 5.11. The Labute approximate surface area is 134 Å². The second-order valence-corrected chi connectivity index (χ2v) is 5.11. The van der Waals surface area contributed by atoms with Gasteiger partial charge < -0.3 is 9.47 Å². The number of Topliss-reactive ketones (excluding diaryl/α,β-unsaturated/α-hetero) is 2. The Morgan fingerprint density at radius 2 is 1.61 bits per heavy atom. The molecular formula is C18H18O5. The quantitative estimate of drug-likeness (QED) is 0.446. The molecule has 0 fully saturated rings. The third-order valence-corrected chi connectivity index (χ3v) is 3.58. The van der Waals surface area contributed by atoms with Crippen LogP contribution in [0.25, 0.3) is 10.8 Å². The van der Waals surface area contributed by atoms with Crippen molar-refractivity contribution in [1.29, 1.82) is 0 Å². The van der Waals surface area contributed by atoms with Crippen LogP contribution < -0.4 is 4.74 Å². The third-order valence-electron chi connectivity index (χ3n) is 3.58. The number of rotatable bonds is 7. The average Bonchev–Trinajstić information content (AvgIpc) is 2.59. The highest BCUT2D eigenvalue weighted by atomic mass is 16.5. The van der Waals surface area contributed by atoms with Gasteiger partial charge in [-0.1, -0.05) is 18.2 Å². The van der Waals surface area contributed by atoms with Crippen molar-refractivity contribution in [2.75, 3.05) is 14.2 Å². The predicted octanol–water partition coefficient (Wildman–Crippen LogP) is 2.94. The van der Waals surface area contributed by atoms with Crippen molar-refractivity contribution in [3.63, 3.8) is 0 Å². The summed E-state index contributed by atoms with van der Waals surface area (Å²) in [6.07, 6.45) is 0.476. The van der Waals surface area contributed by atoms with Crippen LogP contribution in [0.15, 0.2) is 36.4 Å². The van der Waals surface area contributed by atoms with Crippen molar-refractivity contribution in [2.45, 2.75) is 19.3 Å². The van der Waals surface area contributed by atoms with Gasteiger partial charge in [-0.2, -0.15) is 0 Å². The largest absolute Gasteiger partial charge is 0.497 e. The lowest BCUT2D eigenvalue weighted by atomic mass is 10.00. The first-order valence-corrected chi connectivity index (χ1v) is 7.27. The van der Waals surface area contributed by atoms with E-state index in [2.05, 4.69) is 4.74 Å². The summed E-state index contributed by atoms with van der Waals surface area (Å²) in [6.45, 7) is 0. The Kier molecular flexibility index (Phi) is 5.46. The fourth-order valence-electron chi connectivity index (χ4n) is 2.26. The van der Waals surface area contributed by atoms with Crippen molar-refractivity contribution >= 4 is 28.3 Å². The number of ketones is 2. The molecule has 5 nitrogen and oxygen atoms in total. The van der Waals surface area contributed by atoms with Crippen LogP contribution in [0.3, 0.4) is 0 Å². The van der Waals surface area contributed by atoms with Gasteiger partial charge in [0.25, 0.3) is 0 Å². The van der Waals surface area contributed by atoms with Crippen LogP contribution in [0.5, 0.6) is 5.75 Å². The smallest absolute Gasteiger partial charge is 0.305 e. The summed E-state index contributed by atoms with van der Waals surface area (Å²) in [5.74, 6) is -0.685. The monoisotopic (exact) mass is 314 g/mol. The Hall–Kier alpha value is -2.69. The summed E-state index contributed by atoms with van der Waals surface area (Å²) in [5.41, 5.74) is 0.353. The van der Waals surface area contributed by atoms with Crippen LogP contribution in [0.2, 0.25) is 0 Å². The van der Waals surface area contributed by atoms with Gasteiger partial charge in [-0.15, -0.1) is 0 Å². The zero-order valence-corrected chi connectivity index (χ0v) is 13.1. The predicted molar refractivity (Wildman–Crippen MR) is 85.7 cm³/mol. The molecule has 0 N–H and O–H groups in total. The maximum Gasteiger partial charge on any atom is 0.305 e. The molecule has 0 atom stereocenters. The molecule has 23 heavy (non-hydrogen) atoms. The van der Waals surface area contributed by atoms with E-state index in [4.69, 9.17) is 4.74 Å². The molecule has 120 valence electrons. The molecule has 0 saturated heterocycles. The SMILES string of the molecule is COC(=O)CCCC(=O)C(=O)c1ccc2cc(OC)ccc2c1. The highest BCUT2D eigenvalue weighted by molar-refractivity contribution is 6.43. The van der Waals surface area contributed by atoms with Gasteiger partial charge in [-0.3, -0.25) is 14.4 Å². The fraction of sp³-hybridized carbons (Fsp3) is 0.278. The van der Waals surface area contributed by atoms with Crippen LogP contribution in [-0.4, -0.2) is 31.8 Å². The second kappa shape index (κ2) is 7.54. The maximum atomic E-state index is 12.2. The molecule has 0 aliphatic heterocycles. The molecule has 0 amide bonds. The van der Waals surface area contributed by atoms with E-state index in [0.29, 0.717) is 12.0 Å². The molecule has 2 aromatic rings. The van der Waals surface area contributed by atoms with Gasteiger partial charge in [-0.25, -0.2) is 0 Å². The molecule has 0 unspecified atom stereocenters. The topological polar surface area (TPSA) is 69.7 Å². The van der Waals surface area contributed by atoms with Gasteiger partial charge in [0.1, 0.15) is 5.75 Å². The number of fused-ring (bicyclic) bond motifs is 1. The summed E-state index contributed by atoms with van der Waals surface area (Å²) in [7, 11) is 2.88. The summed E-state index contributed by atoms with van der Waals surface area (Å²) in [6, 6.07) is 10.6. The van der Waals surface area contributed by atoms with E-state index in [-0.39, 0.29) is 18.8 Å². The van der Waals surface area contributed by atoms with Gasteiger partial charge >= 0.3 is 5.97 Å². The van der Waals surface area contributed by atoms with Crippen molar-refractivity contribution in [3.8, 4) is 5.75 Å². The van der Waals surface area contributed by atoms with Crippen LogP contribution >= 0.6 is 0 Å². The van der Waals surface area contributed by atoms with Crippen LogP contribution in [-0.2, 0) is 14.3 Å². The lowest BCUT2D eigenvalue weighted by Crippen LogP contribution is -2.14. The van der Waals surface area contributed by atoms with Gasteiger partial charge in [-0.05, 0) is 35.4 Å². The molecular weight excluding hydrogens is 296 g/mol. The summed E-state index contributed by atoms with van der Waals surface area (Å²) in [4.78, 5) is 35.1. The molecule has 2 aromatic carbocycles. The minimum Gasteiger partial charge on any atom is -0.497 e.